The van der Waals surface area contributed by atoms with Crippen molar-refractivity contribution in [1.29, 1.82) is 0 Å². The van der Waals surface area contributed by atoms with Crippen LogP contribution in [0.25, 0.3) is 11.4 Å². The smallest absolute Gasteiger partial charge is 0.233 e. The number of nitrogens with one attached hydrogen (secondary N) is 1. The van der Waals surface area contributed by atoms with Gasteiger partial charge in [-0.2, -0.15) is 0 Å². The van der Waals surface area contributed by atoms with E-state index in [2.05, 4.69) is 21.6 Å². The summed E-state index contributed by atoms with van der Waals surface area (Å²) in [7, 11) is 1.65. The number of ether oxygens (including phenoxy) is 1. The third-order valence-electron chi connectivity index (χ3n) is 4.89. The first-order valence-electron chi connectivity index (χ1n) is 10.1. The molecule has 0 saturated heterocycles. The van der Waals surface area contributed by atoms with Crippen molar-refractivity contribution in [2.24, 2.45) is 0 Å². The number of benzene rings is 2. The number of carbonyl (C=O) groups excluding carboxylic acids is 1. The van der Waals surface area contributed by atoms with Crippen LogP contribution < -0.4 is 5.32 Å². The predicted octanol–water partition coefficient (Wildman–Crippen LogP) is 4.40. The van der Waals surface area contributed by atoms with Gasteiger partial charge in [0.05, 0.1) is 24.4 Å². The lowest BCUT2D eigenvalue weighted by Crippen LogP contribution is -2.33. The molecule has 1 N–H and O–H groups in total. The number of aryl methyl sites for hydroxylation is 1. The van der Waals surface area contributed by atoms with Crippen LogP contribution in [-0.4, -0.2) is 39.6 Å². The van der Waals surface area contributed by atoms with Crippen LogP contribution in [0.3, 0.4) is 0 Å². The molecule has 164 valence electrons. The molecule has 0 bridgehead atoms. The first-order valence-corrected chi connectivity index (χ1v) is 11.0. The fraction of sp³-hybridized carbons (Fsp3) is 0.348. The molecule has 1 heterocycles. The largest absolute Gasteiger partial charge is 0.383 e. The summed E-state index contributed by atoms with van der Waals surface area (Å²) in [6.07, 6.45) is 0. The van der Waals surface area contributed by atoms with E-state index in [0.717, 1.165) is 22.5 Å². The van der Waals surface area contributed by atoms with Crippen LogP contribution in [0.2, 0.25) is 0 Å². The van der Waals surface area contributed by atoms with Gasteiger partial charge in [0.2, 0.25) is 5.91 Å². The first kappa shape index (κ1) is 23.0. The molecule has 2 aromatic carbocycles. The van der Waals surface area contributed by atoms with Gasteiger partial charge < -0.3 is 10.1 Å². The summed E-state index contributed by atoms with van der Waals surface area (Å²) in [6, 6.07) is 14.0. The highest BCUT2D eigenvalue weighted by Gasteiger charge is 2.22. The van der Waals surface area contributed by atoms with E-state index in [1.807, 2.05) is 43.5 Å². The van der Waals surface area contributed by atoms with Crippen molar-refractivity contribution in [2.75, 3.05) is 13.7 Å². The van der Waals surface area contributed by atoms with Crippen molar-refractivity contribution in [3.05, 3.63) is 65.5 Å². The van der Waals surface area contributed by atoms with Gasteiger partial charge in [0, 0.05) is 12.7 Å². The zero-order valence-corrected chi connectivity index (χ0v) is 18.9. The van der Waals surface area contributed by atoms with Crippen LogP contribution >= 0.6 is 11.8 Å². The van der Waals surface area contributed by atoms with Crippen molar-refractivity contribution in [3.8, 4) is 11.4 Å². The maximum absolute atomic E-state index is 13.1. The monoisotopic (exact) mass is 442 g/mol. The second-order valence-corrected chi connectivity index (χ2v) is 8.67. The third-order valence-corrected chi connectivity index (χ3v) is 5.97. The Morgan fingerprint density at radius 1 is 1.19 bits per heavy atom. The number of hydrogen-bond acceptors (Lipinski definition) is 5. The molecule has 3 aromatic rings. The molecule has 0 spiro atoms. The highest BCUT2D eigenvalue weighted by atomic mass is 32.2. The van der Waals surface area contributed by atoms with Gasteiger partial charge in [-0.1, -0.05) is 47.7 Å². The lowest BCUT2D eigenvalue weighted by molar-refractivity contribution is -0.120. The third kappa shape index (κ3) is 5.92. The second-order valence-electron chi connectivity index (χ2n) is 7.36. The van der Waals surface area contributed by atoms with Crippen molar-refractivity contribution in [2.45, 2.75) is 43.8 Å². The number of hydrogen-bond donors (Lipinski definition) is 1. The number of thioether (sulfide) groups is 1. The second kappa shape index (κ2) is 10.5. The summed E-state index contributed by atoms with van der Waals surface area (Å²) < 4.78 is 20.4. The number of nitrogens with zero attached hydrogens (tertiary/aromatic N) is 3. The van der Waals surface area contributed by atoms with Gasteiger partial charge in [0.1, 0.15) is 5.82 Å². The molecular weight excluding hydrogens is 415 g/mol. The normalized spacial score (nSPS) is 13.1. The highest BCUT2D eigenvalue weighted by Crippen LogP contribution is 2.28. The summed E-state index contributed by atoms with van der Waals surface area (Å²) in [6.45, 7) is 6.82. The summed E-state index contributed by atoms with van der Waals surface area (Å²) in [4.78, 5) is 12.8. The zero-order valence-electron chi connectivity index (χ0n) is 18.1. The minimum Gasteiger partial charge on any atom is -0.383 e. The van der Waals surface area contributed by atoms with Crippen LogP contribution in [0.4, 0.5) is 4.39 Å². The van der Waals surface area contributed by atoms with E-state index in [-0.39, 0.29) is 17.8 Å². The standard InChI is InChI=1S/C23H27FN4O2S/c1-15-6-5-7-19(14-15)21-26-27-23(28(21)12-13-30-4)31-17(3)22(29)25-16(2)18-8-10-20(24)11-9-18/h5-11,14,16-17H,12-13H2,1-4H3,(H,25,29)/t16-,17+/m1/s1. The molecule has 0 fully saturated rings. The molecule has 6 nitrogen and oxygen atoms in total. The number of aromatic nitrogens is 3. The predicted molar refractivity (Wildman–Crippen MR) is 120 cm³/mol. The van der Waals surface area contributed by atoms with E-state index < -0.39 is 5.25 Å². The average molecular weight is 443 g/mol. The molecule has 1 amide bonds. The van der Waals surface area contributed by atoms with E-state index in [0.29, 0.717) is 18.3 Å². The molecule has 0 unspecified atom stereocenters. The fourth-order valence-corrected chi connectivity index (χ4v) is 4.02. The Kier molecular flexibility index (Phi) is 7.81. The summed E-state index contributed by atoms with van der Waals surface area (Å²) in [5.41, 5.74) is 2.95. The molecule has 3 rings (SSSR count). The summed E-state index contributed by atoms with van der Waals surface area (Å²) in [5.74, 6) is 0.321. The van der Waals surface area contributed by atoms with Gasteiger partial charge in [-0.3, -0.25) is 9.36 Å². The van der Waals surface area contributed by atoms with E-state index >= 15 is 0 Å². The van der Waals surface area contributed by atoms with Gasteiger partial charge >= 0.3 is 0 Å². The van der Waals surface area contributed by atoms with E-state index in [1.165, 1.54) is 23.9 Å². The molecule has 1 aromatic heterocycles. The molecule has 31 heavy (non-hydrogen) atoms. The van der Waals surface area contributed by atoms with Gasteiger partial charge in [0.15, 0.2) is 11.0 Å². The number of amides is 1. The molecule has 0 aliphatic rings. The van der Waals surface area contributed by atoms with Crippen molar-refractivity contribution < 1.29 is 13.9 Å². The fourth-order valence-electron chi connectivity index (χ4n) is 3.13. The van der Waals surface area contributed by atoms with Crippen LogP contribution in [-0.2, 0) is 16.1 Å². The van der Waals surface area contributed by atoms with Gasteiger partial charge in [0.25, 0.3) is 0 Å². The Labute approximate surface area is 186 Å². The van der Waals surface area contributed by atoms with E-state index in [1.54, 1.807) is 19.2 Å². The average Bonchev–Trinajstić information content (AvgIpc) is 3.14. The highest BCUT2D eigenvalue weighted by molar-refractivity contribution is 8.00. The minimum atomic E-state index is -0.390. The number of halogens is 1. The molecule has 8 heteroatoms. The van der Waals surface area contributed by atoms with Crippen molar-refractivity contribution in [3.63, 3.8) is 0 Å². The van der Waals surface area contributed by atoms with Crippen molar-refractivity contribution >= 4 is 17.7 Å². The molecule has 0 radical (unpaired) electrons. The van der Waals surface area contributed by atoms with E-state index in [9.17, 15) is 9.18 Å². The summed E-state index contributed by atoms with van der Waals surface area (Å²) in [5, 5.41) is 12.0. The van der Waals surface area contributed by atoms with Gasteiger partial charge in [-0.15, -0.1) is 10.2 Å². The van der Waals surface area contributed by atoms with Gasteiger partial charge in [-0.05, 0) is 44.5 Å². The maximum Gasteiger partial charge on any atom is 0.233 e. The van der Waals surface area contributed by atoms with Crippen LogP contribution in [0.1, 0.15) is 31.0 Å². The maximum atomic E-state index is 13.1. The molecule has 0 aliphatic heterocycles. The lowest BCUT2D eigenvalue weighted by atomic mass is 10.1. The molecule has 2 atom stereocenters. The molecule has 0 saturated carbocycles. The Bertz CT molecular complexity index is 1020. The quantitative estimate of drug-likeness (QED) is 0.498. The zero-order chi connectivity index (χ0) is 22.4. The van der Waals surface area contributed by atoms with Crippen LogP contribution in [0.5, 0.6) is 0 Å². The van der Waals surface area contributed by atoms with Crippen LogP contribution in [0, 0.1) is 12.7 Å². The topological polar surface area (TPSA) is 69.0 Å². The Balaban J connectivity index is 1.74. The van der Waals surface area contributed by atoms with Crippen LogP contribution in [0.15, 0.2) is 53.7 Å². The number of methoxy groups -OCH3 is 1. The minimum absolute atomic E-state index is 0.125. The van der Waals surface area contributed by atoms with E-state index in [4.69, 9.17) is 4.74 Å². The van der Waals surface area contributed by atoms with Gasteiger partial charge in [-0.25, -0.2) is 4.39 Å². The Morgan fingerprint density at radius 2 is 1.94 bits per heavy atom. The first-order chi connectivity index (χ1) is 14.9. The summed E-state index contributed by atoms with van der Waals surface area (Å²) >= 11 is 1.35. The molecule has 0 aliphatic carbocycles. The molecular formula is C23H27FN4O2S. The Hall–Kier alpha value is -2.71. The van der Waals surface area contributed by atoms with Crippen molar-refractivity contribution in [1.82, 2.24) is 20.1 Å². The lowest BCUT2D eigenvalue weighted by Gasteiger charge is -2.18. The number of carbonyl (C=O) groups is 1. The number of rotatable bonds is 9. The Morgan fingerprint density at radius 3 is 2.61 bits per heavy atom. The SMILES string of the molecule is COCCn1c(S[C@@H](C)C(=O)N[C@H](C)c2ccc(F)cc2)nnc1-c1cccc(C)c1.